The zero-order chi connectivity index (χ0) is 36.4. The Balaban J connectivity index is 1.09. The number of rotatable bonds is 5. The molecule has 2 unspecified atom stereocenters. The average Bonchev–Trinajstić information content (AvgIpc) is 3.76. The fourth-order valence-corrected chi connectivity index (χ4v) is 8.54. The van der Waals surface area contributed by atoms with E-state index in [0.29, 0.717) is 22.6 Å². The van der Waals surface area contributed by atoms with Crippen LogP contribution in [0.25, 0.3) is 33.7 Å². The Morgan fingerprint density at radius 2 is 1.11 bits per heavy atom. The normalized spacial score (nSPS) is 20.1. The van der Waals surface area contributed by atoms with E-state index >= 15 is 8.78 Å². The van der Waals surface area contributed by atoms with Crippen LogP contribution in [0.2, 0.25) is 0 Å². The van der Waals surface area contributed by atoms with Crippen LogP contribution < -0.4 is 14.4 Å². The predicted octanol–water partition coefficient (Wildman–Crippen LogP) is 11.7. The molecule has 3 heterocycles. The molecule has 7 aromatic rings. The average molecular weight is 714 g/mol. The Kier molecular flexibility index (Phi) is 7.44. The van der Waals surface area contributed by atoms with Crippen LogP contribution in [0.5, 0.6) is 11.5 Å². The lowest BCUT2D eigenvalue weighted by atomic mass is 9.81. The van der Waals surface area contributed by atoms with Gasteiger partial charge in [-0.2, -0.15) is 0 Å². The molecule has 0 aromatic heterocycles. The maximum Gasteiger partial charge on any atom is 0.180 e. The number of ether oxygens (including phenoxy) is 2. The summed E-state index contributed by atoms with van der Waals surface area (Å²) in [6, 6.07) is 40.3. The molecule has 54 heavy (non-hydrogen) atoms. The molecule has 6 heteroatoms. The number of hydrogen-bond acceptors (Lipinski definition) is 3. The van der Waals surface area contributed by atoms with Crippen molar-refractivity contribution in [3.8, 4) is 11.5 Å². The molecule has 264 valence electrons. The van der Waals surface area contributed by atoms with Crippen molar-refractivity contribution < 1.29 is 22.6 Å². The Morgan fingerprint density at radius 1 is 0.500 bits per heavy atom. The first kappa shape index (κ1) is 32.4. The van der Waals surface area contributed by atoms with Gasteiger partial charge in [-0.1, -0.05) is 78.9 Å². The van der Waals surface area contributed by atoms with Gasteiger partial charge in [0.25, 0.3) is 0 Å². The van der Waals surface area contributed by atoms with Crippen molar-refractivity contribution in [2.24, 2.45) is 0 Å². The van der Waals surface area contributed by atoms with Gasteiger partial charge in [-0.25, -0.2) is 13.2 Å². The van der Waals surface area contributed by atoms with E-state index in [9.17, 15) is 4.39 Å². The fraction of sp³-hybridized carbons (Fsp3) is 0.125. The van der Waals surface area contributed by atoms with E-state index in [1.807, 2.05) is 109 Å². The largest absolute Gasteiger partial charge is 0.473 e. The summed E-state index contributed by atoms with van der Waals surface area (Å²) in [7, 11) is 0. The van der Waals surface area contributed by atoms with Crippen molar-refractivity contribution in [1.82, 2.24) is 0 Å². The lowest BCUT2D eigenvalue weighted by Gasteiger charge is -2.37. The van der Waals surface area contributed by atoms with Gasteiger partial charge in [0, 0.05) is 58.2 Å². The number of nitrogens with zero attached hydrogens (tertiary/aromatic N) is 1. The summed E-state index contributed by atoms with van der Waals surface area (Å²) < 4.78 is 59.5. The predicted molar refractivity (Wildman–Crippen MR) is 209 cm³/mol. The highest BCUT2D eigenvalue weighted by Gasteiger charge is 2.42. The quantitative estimate of drug-likeness (QED) is 0.177. The summed E-state index contributed by atoms with van der Waals surface area (Å²) in [4.78, 5) is 2.37. The first-order valence-electron chi connectivity index (χ1n) is 18.3. The van der Waals surface area contributed by atoms with Crippen molar-refractivity contribution in [1.29, 1.82) is 0 Å². The standard InChI is InChI=1S/C48H34F3NO2/c49-35-16-20-42(44(51)30-35)48(26-24-39-37-8-2-1-7-31(37)11-21-45(39)54-48)34-15-19-38-32(29-34)12-22-46-40(38)23-25-47(53-46,41-9-3-4-10-43(41)50)33-13-17-36(18-14-33)52-27-5-6-28-52/h1-4,7-26,29-30H,5-6,27-28H2. The zero-order valence-corrected chi connectivity index (χ0v) is 29.2. The van der Waals surface area contributed by atoms with Gasteiger partial charge in [0.1, 0.15) is 29.0 Å². The number of benzene rings is 7. The minimum Gasteiger partial charge on any atom is -0.473 e. The van der Waals surface area contributed by atoms with Crippen LogP contribution in [-0.2, 0) is 11.2 Å². The molecule has 3 aliphatic rings. The molecule has 7 aromatic carbocycles. The van der Waals surface area contributed by atoms with Crippen LogP contribution in [0.4, 0.5) is 18.9 Å². The lowest BCUT2D eigenvalue weighted by molar-refractivity contribution is 0.156. The second kappa shape index (κ2) is 12.4. The van der Waals surface area contributed by atoms with Crippen molar-refractivity contribution in [3.63, 3.8) is 0 Å². The molecule has 2 atom stereocenters. The summed E-state index contributed by atoms with van der Waals surface area (Å²) in [5, 5.41) is 3.86. The number of halogens is 3. The molecule has 0 amide bonds. The molecule has 0 aliphatic carbocycles. The number of anilines is 1. The van der Waals surface area contributed by atoms with Gasteiger partial charge in [0.05, 0.1) is 0 Å². The topological polar surface area (TPSA) is 21.7 Å². The molecule has 3 aliphatic heterocycles. The smallest absolute Gasteiger partial charge is 0.180 e. The summed E-state index contributed by atoms with van der Waals surface area (Å²) >= 11 is 0. The summed E-state index contributed by atoms with van der Waals surface area (Å²) in [6.07, 6.45) is 10.1. The third-order valence-electron chi connectivity index (χ3n) is 11.3. The van der Waals surface area contributed by atoms with Crippen LogP contribution in [0.15, 0.2) is 146 Å². The van der Waals surface area contributed by atoms with Gasteiger partial charge in [0.2, 0.25) is 0 Å². The molecule has 0 N–H and O–H groups in total. The molecule has 0 bridgehead atoms. The van der Waals surface area contributed by atoms with Gasteiger partial charge in [-0.3, -0.25) is 0 Å². The van der Waals surface area contributed by atoms with E-state index in [0.717, 1.165) is 63.1 Å². The summed E-state index contributed by atoms with van der Waals surface area (Å²) in [5.74, 6) is -0.515. The lowest BCUT2D eigenvalue weighted by Crippen LogP contribution is -2.35. The number of hydrogen-bond donors (Lipinski definition) is 0. The maximum atomic E-state index is 15.8. The van der Waals surface area contributed by atoms with Crippen molar-refractivity contribution in [2.45, 2.75) is 24.0 Å². The van der Waals surface area contributed by atoms with Crippen molar-refractivity contribution in [2.75, 3.05) is 18.0 Å². The molecular weight excluding hydrogens is 680 g/mol. The van der Waals surface area contributed by atoms with Gasteiger partial charge in [0.15, 0.2) is 11.2 Å². The molecular formula is C48H34F3NO2. The third-order valence-corrected chi connectivity index (χ3v) is 11.3. The molecule has 1 fully saturated rings. The SMILES string of the molecule is Fc1ccc(C2(c3ccc4c5c(ccc4c3)OC(c3ccc(N4CCCC4)cc3)(c3ccccc3F)C=C5)C=Cc3c(ccc4ccccc34)O2)c(F)c1. The highest BCUT2D eigenvalue weighted by Crippen LogP contribution is 2.48. The van der Waals surface area contributed by atoms with E-state index in [1.54, 1.807) is 12.1 Å². The minimum absolute atomic E-state index is 0.199. The molecule has 0 spiro atoms. The molecule has 10 rings (SSSR count). The zero-order valence-electron chi connectivity index (χ0n) is 29.2. The van der Waals surface area contributed by atoms with Crippen LogP contribution in [0, 0.1) is 17.5 Å². The minimum atomic E-state index is -1.38. The van der Waals surface area contributed by atoms with Gasteiger partial charge >= 0.3 is 0 Å². The highest BCUT2D eigenvalue weighted by atomic mass is 19.1. The van der Waals surface area contributed by atoms with E-state index in [2.05, 4.69) is 17.0 Å². The Morgan fingerprint density at radius 3 is 1.83 bits per heavy atom. The summed E-state index contributed by atoms with van der Waals surface area (Å²) in [6.45, 7) is 2.06. The van der Waals surface area contributed by atoms with Gasteiger partial charge < -0.3 is 14.4 Å². The molecule has 0 saturated carbocycles. The van der Waals surface area contributed by atoms with Crippen molar-refractivity contribution in [3.05, 3.63) is 196 Å². The van der Waals surface area contributed by atoms with Crippen LogP contribution in [0.3, 0.4) is 0 Å². The van der Waals surface area contributed by atoms with Crippen molar-refractivity contribution >= 4 is 39.4 Å². The monoisotopic (exact) mass is 713 g/mol. The first-order chi connectivity index (χ1) is 26.4. The molecule has 3 nitrogen and oxygen atoms in total. The maximum absolute atomic E-state index is 15.8. The van der Waals surface area contributed by atoms with Crippen LogP contribution in [0.1, 0.15) is 46.2 Å². The molecule has 0 radical (unpaired) electrons. The number of fused-ring (bicyclic) bond motifs is 6. The second-order valence-electron chi connectivity index (χ2n) is 14.3. The van der Waals surface area contributed by atoms with Crippen LogP contribution >= 0.6 is 0 Å². The highest BCUT2D eigenvalue weighted by molar-refractivity contribution is 5.96. The Bertz CT molecular complexity index is 2680. The van der Waals surface area contributed by atoms with Gasteiger partial charge in [-0.05, 0) is 107 Å². The van der Waals surface area contributed by atoms with E-state index in [-0.39, 0.29) is 11.4 Å². The second-order valence-corrected chi connectivity index (χ2v) is 14.3. The first-order valence-corrected chi connectivity index (χ1v) is 18.3. The third kappa shape index (κ3) is 5.04. The fourth-order valence-electron chi connectivity index (χ4n) is 8.54. The van der Waals surface area contributed by atoms with Gasteiger partial charge in [-0.15, -0.1) is 0 Å². The Labute approximate surface area is 311 Å². The molecule has 1 saturated heterocycles. The Hall–Kier alpha value is -6.27. The summed E-state index contributed by atoms with van der Waals surface area (Å²) in [5.41, 5.74) is 2.43. The van der Waals surface area contributed by atoms with E-state index < -0.39 is 22.8 Å². The van der Waals surface area contributed by atoms with E-state index in [1.165, 1.54) is 31.0 Å². The van der Waals surface area contributed by atoms with E-state index in [4.69, 9.17) is 9.47 Å². The van der Waals surface area contributed by atoms with Crippen LogP contribution in [-0.4, -0.2) is 13.1 Å².